The summed E-state index contributed by atoms with van der Waals surface area (Å²) in [4.78, 5) is 20.5. The third-order valence-electron chi connectivity index (χ3n) is 0.858. The van der Waals surface area contributed by atoms with Crippen LogP contribution in [0.3, 0.4) is 0 Å². The molecular formula is C5H9NO3S. The lowest BCUT2D eigenvalue weighted by Gasteiger charge is -2.08. The van der Waals surface area contributed by atoms with Crippen molar-refractivity contribution in [3.63, 3.8) is 0 Å². The number of amides is 1. The van der Waals surface area contributed by atoms with E-state index in [9.17, 15) is 9.59 Å². The van der Waals surface area contributed by atoms with Gasteiger partial charge < -0.3 is 10.4 Å². The van der Waals surface area contributed by atoms with Crippen molar-refractivity contribution in [2.75, 3.05) is 5.75 Å². The number of aliphatic carboxylic acids is 1. The van der Waals surface area contributed by atoms with Gasteiger partial charge in [-0.05, 0) is 0 Å². The summed E-state index contributed by atoms with van der Waals surface area (Å²) in [5.74, 6) is -1.32. The lowest BCUT2D eigenvalue weighted by Crippen LogP contribution is -2.40. The minimum absolute atomic E-state index is 0.106. The molecule has 0 aliphatic rings. The van der Waals surface area contributed by atoms with Crippen LogP contribution in [0.25, 0.3) is 0 Å². The molecule has 4 nitrogen and oxygen atoms in total. The molecule has 0 saturated carbocycles. The molecule has 0 rings (SSSR count). The van der Waals surface area contributed by atoms with Gasteiger partial charge in [0, 0.05) is 12.7 Å². The van der Waals surface area contributed by atoms with Gasteiger partial charge in [0.1, 0.15) is 6.04 Å². The normalized spacial score (nSPS) is 12.2. The second-order valence-corrected chi connectivity index (χ2v) is 2.14. The Morgan fingerprint density at radius 1 is 1.70 bits per heavy atom. The van der Waals surface area contributed by atoms with E-state index in [-0.39, 0.29) is 11.7 Å². The summed E-state index contributed by atoms with van der Waals surface area (Å²) in [6.07, 6.45) is 0. The summed E-state index contributed by atoms with van der Waals surface area (Å²) < 4.78 is 0. The van der Waals surface area contributed by atoms with Gasteiger partial charge in [0.2, 0.25) is 5.91 Å². The minimum Gasteiger partial charge on any atom is -0.480 e. The molecule has 0 aromatic heterocycles. The first-order valence-corrected chi connectivity index (χ1v) is 3.32. The fraction of sp³-hybridized carbons (Fsp3) is 0.600. The Labute approximate surface area is 64.0 Å². The number of rotatable bonds is 3. The number of thiol groups is 1. The first kappa shape index (κ1) is 9.29. The van der Waals surface area contributed by atoms with Crippen molar-refractivity contribution >= 4 is 24.5 Å². The molecule has 5 heteroatoms. The van der Waals surface area contributed by atoms with Gasteiger partial charge in [-0.1, -0.05) is 0 Å². The van der Waals surface area contributed by atoms with Gasteiger partial charge in [-0.25, -0.2) is 4.79 Å². The summed E-state index contributed by atoms with van der Waals surface area (Å²) in [5, 5.41) is 10.6. The van der Waals surface area contributed by atoms with Gasteiger partial charge in [0.25, 0.3) is 0 Å². The Balaban J connectivity index is 3.83. The van der Waals surface area contributed by atoms with Gasteiger partial charge in [-0.2, -0.15) is 12.6 Å². The maximum Gasteiger partial charge on any atom is 0.327 e. The van der Waals surface area contributed by atoms with Crippen LogP contribution in [0.2, 0.25) is 0 Å². The van der Waals surface area contributed by atoms with E-state index in [1.807, 2.05) is 0 Å². The zero-order valence-electron chi connectivity index (χ0n) is 5.50. The number of carboxylic acid groups (broad SMARTS) is 1. The van der Waals surface area contributed by atoms with E-state index >= 15 is 0 Å². The smallest absolute Gasteiger partial charge is 0.327 e. The monoisotopic (exact) mass is 167 g/mol. The Hall–Kier alpha value is -0.710. The Bertz CT molecular complexity index is 148. The van der Waals surface area contributed by atoms with Crippen LogP contribution in [0.4, 0.5) is 0 Å². The van der Waals surface area contributed by atoms with Crippen molar-refractivity contribution in [2.24, 2.45) is 0 Å². The third-order valence-corrected chi connectivity index (χ3v) is 1.22. The average Bonchev–Trinajstić information content (AvgIpc) is 1.81. The number of nitrogens with one attached hydrogen (secondary N) is 1. The van der Waals surface area contributed by atoms with Crippen LogP contribution < -0.4 is 5.32 Å². The third kappa shape index (κ3) is 3.34. The largest absolute Gasteiger partial charge is 0.480 e. The van der Waals surface area contributed by atoms with Crippen molar-refractivity contribution in [1.29, 1.82) is 0 Å². The molecule has 0 saturated heterocycles. The van der Waals surface area contributed by atoms with Crippen molar-refractivity contribution < 1.29 is 14.7 Å². The van der Waals surface area contributed by atoms with E-state index in [0.717, 1.165) is 0 Å². The molecule has 0 fully saturated rings. The summed E-state index contributed by atoms with van der Waals surface area (Å²) in [6, 6.07) is -0.874. The molecule has 0 radical (unpaired) electrons. The fourth-order valence-electron chi connectivity index (χ4n) is 0.431. The van der Waals surface area contributed by atoms with Crippen LogP contribution in [0.15, 0.2) is 0 Å². The number of carbonyl (C=O) groups is 2. The van der Waals surface area contributed by atoms with E-state index in [1.54, 1.807) is 0 Å². The molecular weight excluding hydrogens is 158 g/mol. The number of carboxylic acids is 1. The first-order valence-electron chi connectivity index (χ1n) is 2.68. The van der Waals surface area contributed by atoms with Crippen LogP contribution in [0.1, 0.15) is 6.92 Å². The molecule has 0 spiro atoms. The number of hydrogen-bond acceptors (Lipinski definition) is 3. The van der Waals surface area contributed by atoms with Crippen molar-refractivity contribution in [3.8, 4) is 0 Å². The minimum atomic E-state index is -1.06. The molecule has 1 atom stereocenters. The second-order valence-electron chi connectivity index (χ2n) is 1.77. The molecule has 1 amide bonds. The maximum atomic E-state index is 10.3. The second kappa shape index (κ2) is 4.16. The van der Waals surface area contributed by atoms with Crippen molar-refractivity contribution in [1.82, 2.24) is 5.32 Å². The van der Waals surface area contributed by atoms with Crippen LogP contribution in [0, 0.1) is 0 Å². The van der Waals surface area contributed by atoms with Gasteiger partial charge in [0.15, 0.2) is 0 Å². The summed E-state index contributed by atoms with van der Waals surface area (Å²) >= 11 is 3.73. The Kier molecular flexibility index (Phi) is 3.87. The molecule has 58 valence electrons. The van der Waals surface area contributed by atoms with Gasteiger partial charge in [-0.3, -0.25) is 4.79 Å². The molecule has 2 N–H and O–H groups in total. The highest BCUT2D eigenvalue weighted by Crippen LogP contribution is 1.86. The highest BCUT2D eigenvalue weighted by atomic mass is 32.1. The zero-order valence-corrected chi connectivity index (χ0v) is 6.39. The topological polar surface area (TPSA) is 66.4 Å². The molecule has 0 aromatic carbocycles. The first-order chi connectivity index (χ1) is 4.57. The highest BCUT2D eigenvalue weighted by molar-refractivity contribution is 7.80. The van der Waals surface area contributed by atoms with Crippen molar-refractivity contribution in [2.45, 2.75) is 13.0 Å². The van der Waals surface area contributed by atoms with Crippen molar-refractivity contribution in [3.05, 3.63) is 0 Å². The summed E-state index contributed by atoms with van der Waals surface area (Å²) in [7, 11) is 0. The van der Waals surface area contributed by atoms with Gasteiger partial charge in [-0.15, -0.1) is 0 Å². The highest BCUT2D eigenvalue weighted by Gasteiger charge is 2.14. The summed E-state index contributed by atoms with van der Waals surface area (Å²) in [6.45, 7) is 1.26. The predicted octanol–water partition coefficient (Wildman–Crippen LogP) is -0.494. The van der Waals surface area contributed by atoms with E-state index in [2.05, 4.69) is 17.9 Å². The van der Waals surface area contributed by atoms with E-state index in [4.69, 9.17) is 5.11 Å². The molecule has 0 aliphatic carbocycles. The molecule has 10 heavy (non-hydrogen) atoms. The quantitative estimate of drug-likeness (QED) is 0.302. The van der Waals surface area contributed by atoms with Gasteiger partial charge >= 0.3 is 5.97 Å². The standard InChI is InChI=1S/C5H9NO3S/c1-3(7)6-4(2-10)5(8)9/h4,10H,2H2,1H3,(H,6,7)(H,8,9)/t4-/m0/s1/i2+1,4+1,5+1,6+1. The maximum absolute atomic E-state index is 10.3. The Morgan fingerprint density at radius 2 is 2.20 bits per heavy atom. The number of carbonyl (C=O) groups excluding carboxylic acids is 1. The van der Waals surface area contributed by atoms with Gasteiger partial charge in [0.05, 0.1) is 0 Å². The average molecular weight is 167 g/mol. The van der Waals surface area contributed by atoms with Crippen LogP contribution in [-0.2, 0) is 9.59 Å². The molecule has 0 aromatic rings. The van der Waals surface area contributed by atoms with Crippen LogP contribution >= 0.6 is 12.6 Å². The molecule has 0 aliphatic heterocycles. The number of hydrogen-bond donors (Lipinski definition) is 3. The predicted molar refractivity (Wildman–Crippen MR) is 39.1 cm³/mol. The lowest BCUT2D eigenvalue weighted by molar-refractivity contribution is -0.140. The van der Waals surface area contributed by atoms with Crippen LogP contribution in [0.5, 0.6) is 0 Å². The SMILES string of the molecule is CC(=O)[15NH][13C@@H]([13CH2]S)[13C](=O)O. The molecule has 0 bridgehead atoms. The fourth-order valence-corrected chi connectivity index (χ4v) is 0.678. The molecule has 0 heterocycles. The zero-order chi connectivity index (χ0) is 8.15. The Morgan fingerprint density at radius 3 is 2.30 bits per heavy atom. The van der Waals surface area contributed by atoms with E-state index in [0.29, 0.717) is 0 Å². The molecule has 0 unspecified atom stereocenters. The van der Waals surface area contributed by atoms with E-state index < -0.39 is 12.0 Å². The van der Waals surface area contributed by atoms with E-state index in [1.165, 1.54) is 6.92 Å². The summed E-state index contributed by atoms with van der Waals surface area (Å²) in [5.41, 5.74) is 0. The van der Waals surface area contributed by atoms with Crippen LogP contribution in [-0.4, -0.2) is 28.8 Å². The lowest BCUT2D eigenvalue weighted by atomic mass is 10.8.